The van der Waals surface area contributed by atoms with Crippen LogP contribution in [0.4, 0.5) is 5.69 Å². The molecule has 0 aliphatic rings. The molecule has 0 atom stereocenters. The first kappa shape index (κ1) is 15.0. The lowest BCUT2D eigenvalue weighted by Gasteiger charge is -2.09. The molecule has 0 bridgehead atoms. The van der Waals surface area contributed by atoms with E-state index in [4.69, 9.17) is 11.6 Å². The fraction of sp³-hybridized carbons (Fsp3) is 0.462. The van der Waals surface area contributed by atoms with Crippen LogP contribution in [-0.2, 0) is 13.1 Å². The fourth-order valence-electron chi connectivity index (χ4n) is 1.71. The van der Waals surface area contributed by atoms with Crippen LogP contribution in [-0.4, -0.2) is 14.8 Å². The van der Waals surface area contributed by atoms with Gasteiger partial charge >= 0.3 is 0 Å². The van der Waals surface area contributed by atoms with Crippen molar-refractivity contribution in [3.05, 3.63) is 37.7 Å². The summed E-state index contributed by atoms with van der Waals surface area (Å²) in [4.78, 5) is 17.4. The quantitative estimate of drug-likeness (QED) is 0.890. The predicted octanol–water partition coefficient (Wildman–Crippen LogP) is 3.07. The topological polar surface area (TPSA) is 59.8 Å². The highest BCUT2D eigenvalue weighted by Gasteiger charge is 2.09. The summed E-state index contributed by atoms with van der Waals surface area (Å²) in [7, 11) is 0. The van der Waals surface area contributed by atoms with Crippen molar-refractivity contribution < 1.29 is 0 Å². The van der Waals surface area contributed by atoms with Gasteiger partial charge in [0.25, 0.3) is 5.56 Å². The van der Waals surface area contributed by atoms with Crippen LogP contribution in [0.5, 0.6) is 0 Å². The van der Waals surface area contributed by atoms with Crippen LogP contribution >= 0.6 is 22.9 Å². The Morgan fingerprint density at radius 1 is 1.45 bits per heavy atom. The third kappa shape index (κ3) is 3.58. The molecule has 0 saturated carbocycles. The van der Waals surface area contributed by atoms with Crippen molar-refractivity contribution in [1.82, 2.24) is 14.8 Å². The molecule has 5 nitrogen and oxygen atoms in total. The van der Waals surface area contributed by atoms with Gasteiger partial charge in [-0.15, -0.1) is 11.3 Å². The predicted molar refractivity (Wildman–Crippen MR) is 82.6 cm³/mol. The zero-order chi connectivity index (χ0) is 14.5. The summed E-state index contributed by atoms with van der Waals surface area (Å²) in [5.41, 5.74) is 0.303. The molecule has 2 aromatic heterocycles. The summed E-state index contributed by atoms with van der Waals surface area (Å²) in [6.45, 7) is 5.21. The average molecular weight is 313 g/mol. The molecule has 0 aliphatic heterocycles. The Balaban J connectivity index is 2.09. The number of nitrogens with one attached hydrogen (secondary N) is 1. The SMILES string of the molecule is CCCCn1ncc(NCc2ncc(C)s2)c(Cl)c1=O. The third-order valence-corrected chi connectivity index (χ3v) is 4.09. The molecular formula is C13H17ClN4OS. The Kier molecular flexibility index (Phi) is 5.14. The van der Waals surface area contributed by atoms with E-state index >= 15 is 0 Å². The van der Waals surface area contributed by atoms with E-state index in [1.807, 2.05) is 13.1 Å². The van der Waals surface area contributed by atoms with E-state index in [0.717, 1.165) is 22.7 Å². The van der Waals surface area contributed by atoms with Crippen molar-refractivity contribution in [3.63, 3.8) is 0 Å². The molecule has 0 unspecified atom stereocenters. The zero-order valence-corrected chi connectivity index (χ0v) is 13.1. The second-order valence-corrected chi connectivity index (χ2v) is 6.17. The highest BCUT2D eigenvalue weighted by molar-refractivity contribution is 7.11. The molecule has 0 saturated heterocycles. The molecule has 20 heavy (non-hydrogen) atoms. The van der Waals surface area contributed by atoms with E-state index in [9.17, 15) is 4.79 Å². The van der Waals surface area contributed by atoms with E-state index < -0.39 is 0 Å². The van der Waals surface area contributed by atoms with Gasteiger partial charge in [0.2, 0.25) is 0 Å². The molecule has 2 heterocycles. The summed E-state index contributed by atoms with van der Waals surface area (Å²) >= 11 is 7.71. The van der Waals surface area contributed by atoms with Gasteiger partial charge in [-0.1, -0.05) is 24.9 Å². The number of unbranched alkanes of at least 4 members (excludes halogenated alkanes) is 1. The Bertz CT molecular complexity index is 638. The number of hydrogen-bond acceptors (Lipinski definition) is 5. The summed E-state index contributed by atoms with van der Waals surface area (Å²) < 4.78 is 1.41. The van der Waals surface area contributed by atoms with Crippen molar-refractivity contribution in [2.24, 2.45) is 0 Å². The van der Waals surface area contributed by atoms with Crippen molar-refractivity contribution in [3.8, 4) is 0 Å². The van der Waals surface area contributed by atoms with Crippen LogP contribution in [0.15, 0.2) is 17.2 Å². The number of nitrogens with zero attached hydrogens (tertiary/aromatic N) is 3. The second kappa shape index (κ2) is 6.85. The highest BCUT2D eigenvalue weighted by atomic mass is 35.5. The molecule has 0 aliphatic carbocycles. The van der Waals surface area contributed by atoms with Crippen molar-refractivity contribution in [2.45, 2.75) is 39.8 Å². The molecule has 2 rings (SSSR count). The normalized spacial score (nSPS) is 10.8. The minimum absolute atomic E-state index is 0.185. The lowest BCUT2D eigenvalue weighted by atomic mass is 10.3. The fourth-order valence-corrected chi connectivity index (χ4v) is 2.65. The first-order chi connectivity index (χ1) is 9.61. The largest absolute Gasteiger partial charge is 0.376 e. The monoisotopic (exact) mass is 312 g/mol. The standard InChI is InChI=1S/C13H17ClN4OS/c1-3-4-5-18-13(19)12(14)10(7-17-18)15-8-11-16-6-9(2)20-11/h6-7,15H,3-5,8H2,1-2H3. The Morgan fingerprint density at radius 2 is 2.25 bits per heavy atom. The number of halogens is 1. The average Bonchev–Trinajstić information content (AvgIpc) is 2.85. The molecule has 108 valence electrons. The van der Waals surface area contributed by atoms with Gasteiger partial charge < -0.3 is 5.32 Å². The van der Waals surface area contributed by atoms with Gasteiger partial charge in [-0.3, -0.25) is 4.79 Å². The van der Waals surface area contributed by atoms with E-state index in [2.05, 4.69) is 22.3 Å². The van der Waals surface area contributed by atoms with Crippen LogP contribution in [0.25, 0.3) is 0 Å². The minimum atomic E-state index is -0.250. The lowest BCUT2D eigenvalue weighted by Crippen LogP contribution is -2.24. The summed E-state index contributed by atoms with van der Waals surface area (Å²) in [5.74, 6) is 0. The van der Waals surface area contributed by atoms with Gasteiger partial charge in [0.15, 0.2) is 0 Å². The number of aryl methyl sites for hydroxylation is 2. The van der Waals surface area contributed by atoms with Crippen molar-refractivity contribution >= 4 is 28.6 Å². The molecule has 0 radical (unpaired) electrons. The van der Waals surface area contributed by atoms with Crippen LogP contribution in [0, 0.1) is 6.92 Å². The van der Waals surface area contributed by atoms with Gasteiger partial charge in [-0.25, -0.2) is 9.67 Å². The maximum atomic E-state index is 12.0. The van der Waals surface area contributed by atoms with Gasteiger partial charge in [-0.05, 0) is 13.3 Å². The molecule has 2 aromatic rings. The van der Waals surface area contributed by atoms with Gasteiger partial charge in [0, 0.05) is 17.6 Å². The Hall–Kier alpha value is -1.40. The van der Waals surface area contributed by atoms with Crippen molar-refractivity contribution in [2.75, 3.05) is 5.32 Å². The van der Waals surface area contributed by atoms with E-state index in [1.54, 1.807) is 17.5 Å². The van der Waals surface area contributed by atoms with E-state index in [1.165, 1.54) is 4.68 Å². The smallest absolute Gasteiger partial charge is 0.287 e. The number of aromatic nitrogens is 3. The maximum Gasteiger partial charge on any atom is 0.287 e. The molecule has 0 aromatic carbocycles. The second-order valence-electron chi connectivity index (χ2n) is 4.47. The summed E-state index contributed by atoms with van der Waals surface area (Å²) in [6.07, 6.45) is 5.34. The Morgan fingerprint density at radius 3 is 2.90 bits per heavy atom. The summed E-state index contributed by atoms with van der Waals surface area (Å²) in [5, 5.41) is 8.38. The Labute approximate surface area is 126 Å². The van der Waals surface area contributed by atoms with Crippen LogP contribution in [0.1, 0.15) is 29.7 Å². The molecular weight excluding hydrogens is 296 g/mol. The van der Waals surface area contributed by atoms with Crippen LogP contribution in [0.3, 0.4) is 0 Å². The maximum absolute atomic E-state index is 12.0. The first-order valence-electron chi connectivity index (χ1n) is 6.52. The highest BCUT2D eigenvalue weighted by Crippen LogP contribution is 2.18. The van der Waals surface area contributed by atoms with E-state index in [-0.39, 0.29) is 10.6 Å². The zero-order valence-electron chi connectivity index (χ0n) is 11.5. The minimum Gasteiger partial charge on any atom is -0.376 e. The number of anilines is 1. The molecule has 1 N–H and O–H groups in total. The molecule has 0 fully saturated rings. The third-order valence-electron chi connectivity index (χ3n) is 2.81. The molecule has 7 heteroatoms. The molecule has 0 amide bonds. The first-order valence-corrected chi connectivity index (χ1v) is 7.72. The van der Waals surface area contributed by atoms with Crippen LogP contribution in [0.2, 0.25) is 5.02 Å². The number of hydrogen-bond donors (Lipinski definition) is 1. The van der Waals surface area contributed by atoms with Crippen molar-refractivity contribution in [1.29, 1.82) is 0 Å². The molecule has 0 spiro atoms. The lowest BCUT2D eigenvalue weighted by molar-refractivity contribution is 0.543. The van der Waals surface area contributed by atoms with E-state index in [0.29, 0.717) is 18.8 Å². The summed E-state index contributed by atoms with van der Waals surface area (Å²) in [6, 6.07) is 0. The number of thiazole rings is 1. The van der Waals surface area contributed by atoms with Crippen LogP contribution < -0.4 is 10.9 Å². The number of rotatable bonds is 6. The van der Waals surface area contributed by atoms with Gasteiger partial charge in [-0.2, -0.15) is 5.10 Å². The van der Waals surface area contributed by atoms with Gasteiger partial charge in [0.1, 0.15) is 10.0 Å². The van der Waals surface area contributed by atoms with Gasteiger partial charge in [0.05, 0.1) is 18.4 Å².